The summed E-state index contributed by atoms with van der Waals surface area (Å²) in [6, 6.07) is 3.45. The van der Waals surface area contributed by atoms with Crippen LogP contribution in [0.2, 0.25) is 5.02 Å². The number of aromatic nitrogens is 1. The highest BCUT2D eigenvalue weighted by atomic mass is 35.5. The van der Waals surface area contributed by atoms with Gasteiger partial charge in [0.1, 0.15) is 40.6 Å². The van der Waals surface area contributed by atoms with E-state index in [9.17, 15) is 19.1 Å². The molecule has 0 radical (unpaired) electrons. The van der Waals surface area contributed by atoms with E-state index in [2.05, 4.69) is 30.3 Å². The van der Waals surface area contributed by atoms with E-state index in [4.69, 9.17) is 21.1 Å². The Morgan fingerprint density at radius 2 is 2.08 bits per heavy atom. The predicted molar refractivity (Wildman–Crippen MR) is 144 cm³/mol. The minimum absolute atomic E-state index is 0.0195. The molecule has 2 atom stereocenters. The molecule has 11 heteroatoms. The number of fused-ring (bicyclic) bond motifs is 2. The highest BCUT2D eigenvalue weighted by molar-refractivity contribution is 6.35. The van der Waals surface area contributed by atoms with Gasteiger partial charge in [-0.05, 0) is 31.7 Å². The maximum Gasteiger partial charge on any atom is 0.263 e. The topological polar surface area (TPSA) is 95.4 Å². The van der Waals surface area contributed by atoms with Crippen LogP contribution in [-0.2, 0) is 4.79 Å². The number of pyridine rings is 1. The lowest BCUT2D eigenvalue weighted by Crippen LogP contribution is -2.57. The van der Waals surface area contributed by atoms with Crippen LogP contribution in [0.3, 0.4) is 0 Å². The third-order valence-corrected chi connectivity index (χ3v) is 8.08. The van der Waals surface area contributed by atoms with E-state index in [0.717, 1.165) is 13.1 Å². The zero-order chi connectivity index (χ0) is 28.1. The van der Waals surface area contributed by atoms with Crippen LogP contribution in [-0.4, -0.2) is 95.1 Å². The largest absolute Gasteiger partial charge is 0.507 e. The summed E-state index contributed by atoms with van der Waals surface area (Å²) in [5, 5.41) is 10.4. The minimum atomic E-state index is -0.731. The summed E-state index contributed by atoms with van der Waals surface area (Å²) in [5.41, 5.74) is -0.517. The number of nitrogens with zero attached hydrogens (tertiary/aromatic N) is 4. The van der Waals surface area contributed by atoms with Gasteiger partial charge in [0.2, 0.25) is 11.8 Å². The normalized spacial score (nSPS) is 22.8. The summed E-state index contributed by atoms with van der Waals surface area (Å²) < 4.78 is 27.6. The smallest absolute Gasteiger partial charge is 0.263 e. The van der Waals surface area contributed by atoms with E-state index in [1.54, 1.807) is 9.80 Å². The Balaban J connectivity index is 1.63. The fourth-order valence-electron chi connectivity index (χ4n) is 5.72. The Bertz CT molecular complexity index is 1320. The van der Waals surface area contributed by atoms with Crippen molar-refractivity contribution in [2.45, 2.75) is 32.4 Å². The van der Waals surface area contributed by atoms with E-state index >= 15 is 0 Å². The van der Waals surface area contributed by atoms with Gasteiger partial charge in [-0.15, -0.1) is 0 Å². The molecule has 2 saturated heterocycles. The SMILES string of the molecule is C=CC(=O)N1CCN2C(=O)c3c(OC4CCN(C)CC4(C)C)nc(-c4c(O)cccc4F)c(Cl)c3OC[C@H]2C1. The summed E-state index contributed by atoms with van der Waals surface area (Å²) in [7, 11) is 2.04. The summed E-state index contributed by atoms with van der Waals surface area (Å²) in [4.78, 5) is 36.3. The van der Waals surface area contributed by atoms with E-state index < -0.39 is 17.8 Å². The first kappa shape index (κ1) is 27.2. The molecule has 3 aliphatic rings. The molecule has 2 amide bonds. The van der Waals surface area contributed by atoms with Gasteiger partial charge in [-0.2, -0.15) is 0 Å². The number of phenolic OH excluding ortho intramolecular Hbond substituents is 1. The fourth-order valence-corrected chi connectivity index (χ4v) is 6.00. The fraction of sp³-hybridized carbons (Fsp3) is 0.464. The van der Waals surface area contributed by atoms with Crippen LogP contribution in [0, 0.1) is 11.2 Å². The van der Waals surface area contributed by atoms with E-state index in [0.29, 0.717) is 13.0 Å². The molecule has 0 saturated carbocycles. The minimum Gasteiger partial charge on any atom is -0.507 e. The van der Waals surface area contributed by atoms with Gasteiger partial charge >= 0.3 is 0 Å². The molecule has 9 nitrogen and oxygen atoms in total. The molecular formula is C28H32ClFN4O5. The molecule has 1 unspecified atom stereocenters. The number of carbonyl (C=O) groups is 2. The molecule has 1 aromatic heterocycles. The molecule has 0 spiro atoms. The van der Waals surface area contributed by atoms with Crippen molar-refractivity contribution in [2.75, 3.05) is 46.4 Å². The number of carbonyl (C=O) groups excluding carboxylic acids is 2. The van der Waals surface area contributed by atoms with Gasteiger partial charge in [-0.25, -0.2) is 9.37 Å². The van der Waals surface area contributed by atoms with Gasteiger partial charge in [0.25, 0.3) is 5.91 Å². The van der Waals surface area contributed by atoms with Crippen LogP contribution in [0.25, 0.3) is 11.3 Å². The zero-order valence-electron chi connectivity index (χ0n) is 22.2. The maximum atomic E-state index is 15.0. The van der Waals surface area contributed by atoms with Crippen molar-refractivity contribution < 1.29 is 28.6 Å². The van der Waals surface area contributed by atoms with Crippen molar-refractivity contribution in [3.8, 4) is 28.6 Å². The van der Waals surface area contributed by atoms with Crippen molar-refractivity contribution in [3.05, 3.63) is 47.3 Å². The van der Waals surface area contributed by atoms with Crippen LogP contribution in [0.1, 0.15) is 30.6 Å². The van der Waals surface area contributed by atoms with Crippen LogP contribution >= 0.6 is 11.6 Å². The van der Waals surface area contributed by atoms with Crippen LogP contribution in [0.5, 0.6) is 17.4 Å². The average molecular weight is 559 g/mol. The van der Waals surface area contributed by atoms with Crippen molar-refractivity contribution in [3.63, 3.8) is 0 Å². The molecular weight excluding hydrogens is 527 g/mol. The predicted octanol–water partition coefficient (Wildman–Crippen LogP) is 3.59. The first-order valence-electron chi connectivity index (χ1n) is 12.9. The summed E-state index contributed by atoms with van der Waals surface area (Å²) in [5.74, 6) is -1.71. The summed E-state index contributed by atoms with van der Waals surface area (Å²) in [6.45, 7) is 10.2. The van der Waals surface area contributed by atoms with Crippen molar-refractivity contribution in [1.29, 1.82) is 0 Å². The van der Waals surface area contributed by atoms with Crippen LogP contribution in [0.4, 0.5) is 4.39 Å². The highest BCUT2D eigenvalue weighted by Gasteiger charge is 2.43. The van der Waals surface area contributed by atoms with E-state index in [-0.39, 0.29) is 76.3 Å². The number of hydrogen-bond acceptors (Lipinski definition) is 7. The number of likely N-dealkylation sites (tertiary alicyclic amines) is 1. The first-order valence-corrected chi connectivity index (χ1v) is 13.3. The number of amides is 2. The van der Waals surface area contributed by atoms with Gasteiger partial charge < -0.3 is 29.3 Å². The molecule has 1 aromatic carbocycles. The Labute approximate surface area is 231 Å². The Morgan fingerprint density at radius 1 is 1.31 bits per heavy atom. The number of rotatable bonds is 4. The summed E-state index contributed by atoms with van der Waals surface area (Å²) >= 11 is 6.76. The highest BCUT2D eigenvalue weighted by Crippen LogP contribution is 2.46. The number of phenols is 1. The molecule has 0 aliphatic carbocycles. The van der Waals surface area contributed by atoms with E-state index in [1.807, 2.05) is 7.05 Å². The second-order valence-corrected chi connectivity index (χ2v) is 11.4. The lowest BCUT2D eigenvalue weighted by atomic mass is 9.81. The van der Waals surface area contributed by atoms with Gasteiger partial charge in [0.05, 0.1) is 11.6 Å². The number of hydrogen-bond donors (Lipinski definition) is 1. The van der Waals surface area contributed by atoms with Gasteiger partial charge in [0, 0.05) is 38.1 Å². The second kappa shape index (κ2) is 10.3. The van der Waals surface area contributed by atoms with Crippen molar-refractivity contribution >= 4 is 23.4 Å². The molecule has 1 N–H and O–H groups in total. The number of aromatic hydroxyl groups is 1. The van der Waals surface area contributed by atoms with Crippen molar-refractivity contribution in [2.24, 2.45) is 5.41 Å². The van der Waals surface area contributed by atoms with Gasteiger partial charge in [-0.1, -0.05) is 38.1 Å². The average Bonchev–Trinajstić information content (AvgIpc) is 3.03. The molecule has 5 rings (SSSR count). The number of piperidine rings is 1. The number of benzene rings is 1. The molecule has 4 heterocycles. The standard InChI is InChI=1S/C28H32ClFN4O5/c1-5-20(36)33-11-12-34-16(13-33)14-38-25-22(27(34)37)26(39-19-9-10-32(4)15-28(19,2)3)31-24(23(25)29)21-17(30)7-6-8-18(21)35/h5-8,16,19,35H,1,9-15H2,2-4H3/t16-,19?/m1/s1. The molecule has 39 heavy (non-hydrogen) atoms. The quantitative estimate of drug-likeness (QED) is 0.573. The molecule has 208 valence electrons. The van der Waals surface area contributed by atoms with Crippen molar-refractivity contribution in [1.82, 2.24) is 19.7 Å². The Morgan fingerprint density at radius 3 is 2.77 bits per heavy atom. The first-order chi connectivity index (χ1) is 18.5. The maximum absolute atomic E-state index is 15.0. The lowest BCUT2D eigenvalue weighted by molar-refractivity contribution is -0.128. The zero-order valence-corrected chi connectivity index (χ0v) is 23.0. The number of ether oxygens (including phenoxy) is 2. The Hall–Kier alpha value is -3.37. The van der Waals surface area contributed by atoms with Gasteiger partial charge in [-0.3, -0.25) is 9.59 Å². The Kier molecular flexibility index (Phi) is 7.19. The van der Waals surface area contributed by atoms with Gasteiger partial charge in [0.15, 0.2) is 5.75 Å². The molecule has 2 fully saturated rings. The monoisotopic (exact) mass is 558 g/mol. The van der Waals surface area contributed by atoms with E-state index in [1.165, 1.54) is 24.3 Å². The van der Waals surface area contributed by atoms with Crippen LogP contribution in [0.15, 0.2) is 30.9 Å². The third-order valence-electron chi connectivity index (χ3n) is 7.73. The molecule has 0 bridgehead atoms. The number of piperazine rings is 1. The molecule has 3 aliphatic heterocycles. The number of halogens is 2. The lowest BCUT2D eigenvalue weighted by Gasteiger charge is -2.42. The molecule has 2 aromatic rings. The van der Waals surface area contributed by atoms with Crippen LogP contribution < -0.4 is 9.47 Å². The second-order valence-electron chi connectivity index (χ2n) is 11.0. The third kappa shape index (κ3) is 4.91. The summed E-state index contributed by atoms with van der Waals surface area (Å²) in [6.07, 6.45) is 1.62.